The maximum Gasteiger partial charge on any atom is 0.460 e. The Balaban J connectivity index is 2.41. The lowest BCUT2D eigenvalue weighted by Gasteiger charge is -2.33. The molecule has 0 saturated carbocycles. The third-order valence-electron chi connectivity index (χ3n) is 3.57. The van der Waals surface area contributed by atoms with Crippen LogP contribution in [0, 0.1) is 0 Å². The maximum absolute atomic E-state index is 13.2. The van der Waals surface area contributed by atoms with E-state index in [4.69, 9.17) is 9.47 Å². The lowest BCUT2D eigenvalue weighted by Crippen LogP contribution is -2.60. The van der Waals surface area contributed by atoms with Crippen molar-refractivity contribution in [3.05, 3.63) is 0 Å². The highest BCUT2D eigenvalue weighted by Gasteiger charge is 2.81. The van der Waals surface area contributed by atoms with Gasteiger partial charge in [-0.15, -0.1) is 0 Å². The minimum absolute atomic E-state index is 0.114. The standard InChI is InChI=1S/C13H17F9O2/c14-10(15,11(16,17)12(18,19)13(20,21)22)5-1-2-6-23-8-9-4-3-7-24-9/h9H,1-8H2. The Morgan fingerprint density at radius 3 is 2.00 bits per heavy atom. The number of hydrogen-bond acceptors (Lipinski definition) is 2. The summed E-state index contributed by atoms with van der Waals surface area (Å²) in [4.78, 5) is 0. The van der Waals surface area contributed by atoms with E-state index in [9.17, 15) is 39.5 Å². The highest BCUT2D eigenvalue weighted by atomic mass is 19.4. The summed E-state index contributed by atoms with van der Waals surface area (Å²) in [6.45, 7) is 0.638. The summed E-state index contributed by atoms with van der Waals surface area (Å²) in [5.74, 6) is -18.9. The Morgan fingerprint density at radius 1 is 0.875 bits per heavy atom. The second-order valence-electron chi connectivity index (χ2n) is 5.52. The van der Waals surface area contributed by atoms with E-state index in [0.717, 1.165) is 12.8 Å². The summed E-state index contributed by atoms with van der Waals surface area (Å²) >= 11 is 0. The first-order chi connectivity index (χ1) is 10.8. The van der Waals surface area contributed by atoms with E-state index in [0.29, 0.717) is 6.61 Å². The molecule has 0 amide bonds. The molecule has 1 unspecified atom stereocenters. The Hall–Kier alpha value is -0.710. The van der Waals surface area contributed by atoms with Crippen LogP contribution in [0.3, 0.4) is 0 Å². The Morgan fingerprint density at radius 2 is 1.50 bits per heavy atom. The van der Waals surface area contributed by atoms with Crippen LogP contribution in [0.15, 0.2) is 0 Å². The monoisotopic (exact) mass is 376 g/mol. The third kappa shape index (κ3) is 4.68. The molecule has 2 nitrogen and oxygen atoms in total. The molecular weight excluding hydrogens is 359 g/mol. The minimum Gasteiger partial charge on any atom is -0.379 e. The van der Waals surface area contributed by atoms with Crippen molar-refractivity contribution >= 4 is 0 Å². The largest absolute Gasteiger partial charge is 0.460 e. The molecule has 0 bridgehead atoms. The second kappa shape index (κ2) is 7.67. The fourth-order valence-electron chi connectivity index (χ4n) is 2.11. The van der Waals surface area contributed by atoms with Gasteiger partial charge in [-0.1, -0.05) is 0 Å². The molecular formula is C13H17F9O2. The van der Waals surface area contributed by atoms with Crippen LogP contribution in [-0.4, -0.2) is 49.9 Å². The van der Waals surface area contributed by atoms with Crippen molar-refractivity contribution < 1.29 is 49.0 Å². The van der Waals surface area contributed by atoms with Crippen molar-refractivity contribution in [3.8, 4) is 0 Å². The third-order valence-corrected chi connectivity index (χ3v) is 3.57. The predicted octanol–water partition coefficient (Wildman–Crippen LogP) is 4.82. The number of hydrogen-bond donors (Lipinski definition) is 0. The van der Waals surface area contributed by atoms with Gasteiger partial charge in [-0.2, -0.15) is 39.5 Å². The molecule has 1 fully saturated rings. The number of halogens is 9. The molecule has 1 rings (SSSR count). The first kappa shape index (κ1) is 21.3. The van der Waals surface area contributed by atoms with Gasteiger partial charge in [0.15, 0.2) is 0 Å². The highest BCUT2D eigenvalue weighted by molar-refractivity contribution is 5.00. The Labute approximate surface area is 132 Å². The molecule has 1 atom stereocenters. The first-order valence-electron chi connectivity index (χ1n) is 7.22. The first-order valence-corrected chi connectivity index (χ1v) is 7.22. The van der Waals surface area contributed by atoms with Crippen molar-refractivity contribution in [2.24, 2.45) is 0 Å². The zero-order chi connectivity index (χ0) is 18.6. The second-order valence-corrected chi connectivity index (χ2v) is 5.52. The van der Waals surface area contributed by atoms with Crippen LogP contribution >= 0.6 is 0 Å². The molecule has 0 aromatic rings. The van der Waals surface area contributed by atoms with E-state index >= 15 is 0 Å². The average molecular weight is 376 g/mol. The van der Waals surface area contributed by atoms with Gasteiger partial charge in [-0.3, -0.25) is 0 Å². The normalized spacial score (nSPS) is 20.6. The molecule has 0 aliphatic carbocycles. The molecule has 0 aromatic carbocycles. The van der Waals surface area contributed by atoms with Crippen molar-refractivity contribution in [1.29, 1.82) is 0 Å². The van der Waals surface area contributed by atoms with E-state index in [1.165, 1.54) is 0 Å². The van der Waals surface area contributed by atoms with Crippen LogP contribution in [0.25, 0.3) is 0 Å². The zero-order valence-electron chi connectivity index (χ0n) is 12.5. The van der Waals surface area contributed by atoms with E-state index in [1.54, 1.807) is 0 Å². The molecule has 1 aliphatic heterocycles. The maximum atomic E-state index is 13.2. The summed E-state index contributed by atoms with van der Waals surface area (Å²) in [5, 5.41) is 0. The van der Waals surface area contributed by atoms with Crippen LogP contribution in [0.4, 0.5) is 39.5 Å². The number of rotatable bonds is 9. The van der Waals surface area contributed by atoms with Gasteiger partial charge in [0.05, 0.1) is 12.7 Å². The summed E-state index contributed by atoms with van der Waals surface area (Å²) in [5.41, 5.74) is 0. The van der Waals surface area contributed by atoms with Crippen molar-refractivity contribution in [3.63, 3.8) is 0 Å². The van der Waals surface area contributed by atoms with E-state index in [1.807, 2.05) is 0 Å². The predicted molar refractivity (Wildman–Crippen MR) is 64.5 cm³/mol. The fourth-order valence-corrected chi connectivity index (χ4v) is 2.11. The van der Waals surface area contributed by atoms with E-state index in [2.05, 4.69) is 0 Å². The lowest BCUT2D eigenvalue weighted by molar-refractivity contribution is -0.396. The lowest BCUT2D eigenvalue weighted by atomic mass is 9.99. The van der Waals surface area contributed by atoms with Gasteiger partial charge in [-0.05, 0) is 25.7 Å². The van der Waals surface area contributed by atoms with E-state index < -0.39 is 36.8 Å². The highest BCUT2D eigenvalue weighted by Crippen LogP contribution is 2.54. The Bertz CT molecular complexity index is 389. The quantitative estimate of drug-likeness (QED) is 0.424. The summed E-state index contributed by atoms with van der Waals surface area (Å²) < 4.78 is 124. The molecule has 1 aliphatic rings. The van der Waals surface area contributed by atoms with Crippen LogP contribution in [0.2, 0.25) is 0 Å². The summed E-state index contributed by atoms with van der Waals surface area (Å²) in [6.07, 6.45) is -7.99. The van der Waals surface area contributed by atoms with Crippen molar-refractivity contribution in [2.45, 2.75) is 62.2 Å². The van der Waals surface area contributed by atoms with Gasteiger partial charge in [0.2, 0.25) is 0 Å². The topological polar surface area (TPSA) is 18.5 Å². The van der Waals surface area contributed by atoms with Crippen LogP contribution in [0.1, 0.15) is 32.1 Å². The minimum atomic E-state index is -6.82. The smallest absolute Gasteiger partial charge is 0.379 e. The van der Waals surface area contributed by atoms with Crippen LogP contribution in [0.5, 0.6) is 0 Å². The molecule has 0 N–H and O–H groups in total. The fraction of sp³-hybridized carbons (Fsp3) is 1.00. The summed E-state index contributed by atoms with van der Waals surface area (Å²) in [7, 11) is 0. The molecule has 11 heteroatoms. The van der Waals surface area contributed by atoms with Gasteiger partial charge in [0.25, 0.3) is 0 Å². The molecule has 24 heavy (non-hydrogen) atoms. The SMILES string of the molecule is FC(F)(F)C(F)(F)C(F)(F)C(F)(F)CCCCOCC1CCCO1. The zero-order valence-corrected chi connectivity index (χ0v) is 12.5. The Kier molecular flexibility index (Phi) is 6.82. The van der Waals surface area contributed by atoms with Crippen LogP contribution in [-0.2, 0) is 9.47 Å². The van der Waals surface area contributed by atoms with Gasteiger partial charge >= 0.3 is 23.9 Å². The van der Waals surface area contributed by atoms with Crippen molar-refractivity contribution in [1.82, 2.24) is 0 Å². The van der Waals surface area contributed by atoms with Crippen molar-refractivity contribution in [2.75, 3.05) is 19.8 Å². The van der Waals surface area contributed by atoms with Gasteiger partial charge < -0.3 is 9.47 Å². The van der Waals surface area contributed by atoms with Gasteiger partial charge in [0, 0.05) is 19.6 Å². The molecule has 1 heterocycles. The number of unbranched alkanes of at least 4 members (excludes halogenated alkanes) is 1. The average Bonchev–Trinajstić information content (AvgIpc) is 2.94. The molecule has 144 valence electrons. The van der Waals surface area contributed by atoms with E-state index in [-0.39, 0.29) is 25.7 Å². The van der Waals surface area contributed by atoms with Gasteiger partial charge in [-0.25, -0.2) is 0 Å². The number of alkyl halides is 9. The summed E-state index contributed by atoms with van der Waals surface area (Å²) in [6, 6.07) is 0. The van der Waals surface area contributed by atoms with Gasteiger partial charge in [0.1, 0.15) is 0 Å². The number of ether oxygens (including phenoxy) is 2. The molecule has 1 saturated heterocycles. The molecule has 0 aromatic heterocycles. The molecule has 0 radical (unpaired) electrons. The van der Waals surface area contributed by atoms with Crippen LogP contribution < -0.4 is 0 Å². The molecule has 0 spiro atoms.